The Morgan fingerprint density at radius 2 is 2.33 bits per heavy atom. The second-order valence-electron chi connectivity index (χ2n) is 2.63. The van der Waals surface area contributed by atoms with Crippen LogP contribution in [0.15, 0.2) is 25.3 Å². The van der Waals surface area contributed by atoms with Crippen molar-refractivity contribution in [3.8, 4) is 0 Å². The van der Waals surface area contributed by atoms with Crippen LogP contribution in [0.25, 0.3) is 6.20 Å². The van der Waals surface area contributed by atoms with Crippen molar-refractivity contribution in [1.82, 2.24) is 4.57 Å². The minimum atomic E-state index is 0. The average Bonchev–Trinajstić information content (AvgIpc) is 2.48. The molecule has 1 rings (SSSR count). The quantitative estimate of drug-likeness (QED) is 0.568. The van der Waals surface area contributed by atoms with Gasteiger partial charge in [-0.3, -0.25) is 0 Å². The van der Waals surface area contributed by atoms with Crippen molar-refractivity contribution in [1.29, 1.82) is 0 Å². The van der Waals surface area contributed by atoms with Crippen LogP contribution in [0.4, 0.5) is 0 Å². The Balaban J connectivity index is 0.00000121. The van der Waals surface area contributed by atoms with Gasteiger partial charge in [0.1, 0.15) is 12.4 Å². The third kappa shape index (κ3) is 3.22. The second kappa shape index (κ2) is 6.00. The third-order valence-corrected chi connectivity index (χ3v) is 1.69. The number of rotatable bonds is 4. The molecule has 0 saturated heterocycles. The van der Waals surface area contributed by atoms with E-state index in [1.165, 1.54) is 12.8 Å². The number of aryl methyl sites for hydroxylation is 1. The molecule has 68 valence electrons. The fraction of sp³-hybridized carbons (Fsp3) is 0.444. The maximum absolute atomic E-state index is 3.67. The first-order valence-corrected chi connectivity index (χ1v) is 4.06. The first-order chi connectivity index (χ1) is 5.36. The fourth-order valence-electron chi connectivity index (χ4n) is 0.992. The smallest absolute Gasteiger partial charge is 0.248 e. The Morgan fingerprint density at radius 3 is 2.83 bits per heavy atom. The number of halogens is 1. The van der Waals surface area contributed by atoms with E-state index in [1.807, 2.05) is 17.1 Å². The van der Waals surface area contributed by atoms with Crippen molar-refractivity contribution in [3.63, 3.8) is 0 Å². The fourth-order valence-corrected chi connectivity index (χ4v) is 0.992. The van der Waals surface area contributed by atoms with Crippen LogP contribution in [0, 0.1) is 0 Å². The number of hydrogen-bond acceptors (Lipinski definition) is 0. The summed E-state index contributed by atoms with van der Waals surface area (Å²) in [6, 6.07) is 0. The van der Waals surface area contributed by atoms with Crippen molar-refractivity contribution in [2.75, 3.05) is 0 Å². The molecule has 1 aromatic rings. The van der Waals surface area contributed by atoms with Crippen LogP contribution < -0.4 is 21.5 Å². The number of hydrogen-bond donors (Lipinski definition) is 0. The summed E-state index contributed by atoms with van der Waals surface area (Å²) in [7, 11) is 0. The minimum absolute atomic E-state index is 0. The molecule has 0 amide bonds. The molecule has 0 aliphatic rings. The van der Waals surface area contributed by atoms with Gasteiger partial charge in [-0.15, -0.1) is 0 Å². The van der Waals surface area contributed by atoms with Gasteiger partial charge < -0.3 is 17.0 Å². The highest BCUT2D eigenvalue weighted by Crippen LogP contribution is 1.92. The first-order valence-electron chi connectivity index (χ1n) is 4.06. The van der Waals surface area contributed by atoms with Gasteiger partial charge in [0.15, 0.2) is 0 Å². The molecule has 0 radical (unpaired) electrons. The summed E-state index contributed by atoms with van der Waals surface area (Å²) in [6.45, 7) is 6.98. The van der Waals surface area contributed by atoms with Crippen LogP contribution in [0.1, 0.15) is 19.8 Å². The van der Waals surface area contributed by atoms with E-state index in [-0.39, 0.29) is 17.0 Å². The van der Waals surface area contributed by atoms with Crippen molar-refractivity contribution >= 4 is 6.20 Å². The zero-order valence-electron chi connectivity index (χ0n) is 7.41. The molecule has 0 spiro atoms. The molecular formula is C9H15BrN2. The largest absolute Gasteiger partial charge is 1.00 e. The van der Waals surface area contributed by atoms with Gasteiger partial charge in [-0.1, -0.05) is 19.9 Å². The van der Waals surface area contributed by atoms with Gasteiger partial charge in [-0.05, 0) is 6.42 Å². The van der Waals surface area contributed by atoms with Crippen molar-refractivity contribution in [3.05, 3.63) is 25.3 Å². The van der Waals surface area contributed by atoms with Gasteiger partial charge in [0, 0.05) is 0 Å². The lowest BCUT2D eigenvalue weighted by molar-refractivity contribution is -0.567. The number of aromatic nitrogens is 2. The lowest BCUT2D eigenvalue weighted by Gasteiger charge is -1.90. The molecule has 1 heterocycles. The van der Waals surface area contributed by atoms with E-state index in [2.05, 4.69) is 24.3 Å². The predicted octanol–water partition coefficient (Wildman–Crippen LogP) is -1.32. The van der Waals surface area contributed by atoms with Gasteiger partial charge in [0.05, 0.1) is 12.7 Å². The van der Waals surface area contributed by atoms with Crippen LogP contribution in [-0.2, 0) is 6.54 Å². The van der Waals surface area contributed by atoms with Gasteiger partial charge in [0.2, 0.25) is 6.33 Å². The number of unbranched alkanes of at least 4 members (excludes halogenated alkanes) is 1. The van der Waals surface area contributed by atoms with E-state index in [1.54, 1.807) is 6.20 Å². The second-order valence-corrected chi connectivity index (χ2v) is 2.63. The maximum Gasteiger partial charge on any atom is 0.248 e. The Bertz CT molecular complexity index is 230. The summed E-state index contributed by atoms with van der Waals surface area (Å²) in [5, 5.41) is 0. The van der Waals surface area contributed by atoms with Crippen molar-refractivity contribution in [2.45, 2.75) is 26.3 Å². The van der Waals surface area contributed by atoms with Gasteiger partial charge in [0.25, 0.3) is 0 Å². The molecular weight excluding hydrogens is 216 g/mol. The first kappa shape index (κ1) is 11.4. The SMILES string of the molecule is C=C[n+]1ccn(CCCC)c1.[Br-]. The molecule has 0 N–H and O–H groups in total. The average molecular weight is 231 g/mol. The lowest BCUT2D eigenvalue weighted by Crippen LogP contribution is -3.00. The molecule has 0 atom stereocenters. The molecule has 0 fully saturated rings. The molecule has 0 unspecified atom stereocenters. The zero-order valence-corrected chi connectivity index (χ0v) is 9.00. The Kier molecular flexibility index (Phi) is 5.72. The molecule has 0 aliphatic carbocycles. The molecule has 2 nitrogen and oxygen atoms in total. The Labute approximate surface area is 84.3 Å². The van der Waals surface area contributed by atoms with E-state index >= 15 is 0 Å². The minimum Gasteiger partial charge on any atom is -1.00 e. The predicted molar refractivity (Wildman–Crippen MR) is 45.9 cm³/mol. The summed E-state index contributed by atoms with van der Waals surface area (Å²) in [4.78, 5) is 0. The zero-order chi connectivity index (χ0) is 8.10. The monoisotopic (exact) mass is 230 g/mol. The van der Waals surface area contributed by atoms with E-state index in [0.29, 0.717) is 0 Å². The summed E-state index contributed by atoms with van der Waals surface area (Å²) < 4.78 is 4.13. The Hall–Kier alpha value is -0.570. The molecule has 0 aliphatic heterocycles. The highest BCUT2D eigenvalue weighted by molar-refractivity contribution is 4.94. The molecule has 0 aromatic carbocycles. The topological polar surface area (TPSA) is 8.81 Å². The Morgan fingerprint density at radius 1 is 1.58 bits per heavy atom. The van der Waals surface area contributed by atoms with E-state index < -0.39 is 0 Å². The molecule has 3 heteroatoms. The number of imidazole rings is 1. The van der Waals surface area contributed by atoms with Crippen molar-refractivity contribution in [2.24, 2.45) is 0 Å². The summed E-state index contributed by atoms with van der Waals surface area (Å²) >= 11 is 0. The van der Waals surface area contributed by atoms with Gasteiger partial charge in [-0.25, -0.2) is 9.13 Å². The molecule has 0 bridgehead atoms. The van der Waals surface area contributed by atoms with Crippen LogP contribution in [0.2, 0.25) is 0 Å². The normalized spacial score (nSPS) is 9.08. The van der Waals surface area contributed by atoms with Crippen LogP contribution in [-0.4, -0.2) is 4.57 Å². The van der Waals surface area contributed by atoms with E-state index in [0.717, 1.165) is 6.54 Å². The third-order valence-electron chi connectivity index (χ3n) is 1.69. The van der Waals surface area contributed by atoms with Crippen molar-refractivity contribution < 1.29 is 21.5 Å². The van der Waals surface area contributed by atoms with Crippen LogP contribution in [0.3, 0.4) is 0 Å². The molecule has 1 aromatic heterocycles. The maximum atomic E-state index is 3.67. The number of nitrogens with zero attached hydrogens (tertiary/aromatic N) is 2. The standard InChI is InChI=1S/C9H15N2.BrH/c1-3-5-6-11-8-7-10(4-2)9-11;/h4,7-9H,2-3,5-6H2,1H3;1H/q+1;/p-1. The highest BCUT2D eigenvalue weighted by Gasteiger charge is 1.97. The van der Waals surface area contributed by atoms with Crippen LogP contribution >= 0.6 is 0 Å². The summed E-state index contributed by atoms with van der Waals surface area (Å²) in [5.74, 6) is 0. The highest BCUT2D eigenvalue weighted by atomic mass is 79.9. The summed E-state index contributed by atoms with van der Waals surface area (Å²) in [5.41, 5.74) is 0. The van der Waals surface area contributed by atoms with Gasteiger partial charge >= 0.3 is 0 Å². The molecule has 12 heavy (non-hydrogen) atoms. The van der Waals surface area contributed by atoms with E-state index in [9.17, 15) is 0 Å². The summed E-state index contributed by atoms with van der Waals surface area (Å²) in [6.07, 6.45) is 10.4. The van der Waals surface area contributed by atoms with Crippen LogP contribution in [0.5, 0.6) is 0 Å². The molecule has 0 saturated carbocycles. The van der Waals surface area contributed by atoms with Gasteiger partial charge in [-0.2, -0.15) is 0 Å². The lowest BCUT2D eigenvalue weighted by atomic mass is 10.3. The van der Waals surface area contributed by atoms with E-state index in [4.69, 9.17) is 0 Å².